The van der Waals surface area contributed by atoms with Crippen molar-refractivity contribution in [3.8, 4) is 0 Å². The summed E-state index contributed by atoms with van der Waals surface area (Å²) in [5.41, 5.74) is 0. The van der Waals surface area contributed by atoms with Gasteiger partial charge in [0.1, 0.15) is 0 Å². The molecule has 1 fully saturated rings. The molecule has 0 amide bonds. The van der Waals surface area contributed by atoms with Crippen molar-refractivity contribution in [3.05, 3.63) is 0 Å². The molecule has 0 saturated heterocycles. The Morgan fingerprint density at radius 3 is 2.39 bits per heavy atom. The molecule has 0 aromatic heterocycles. The van der Waals surface area contributed by atoms with E-state index in [1.807, 2.05) is 0 Å². The molecule has 1 N–H and O–H groups in total. The molecule has 1 saturated carbocycles. The van der Waals surface area contributed by atoms with Gasteiger partial charge in [-0.3, -0.25) is 0 Å². The first-order chi connectivity index (χ1) is 8.61. The van der Waals surface area contributed by atoms with E-state index >= 15 is 0 Å². The standard InChI is InChI=1S/C17H34O/c1-14(2)6-4-7-15(3)10-11-16-8-5-9-17(12-16)13-18/h14-18H,4-13H2,1-3H3. The first-order valence-corrected chi connectivity index (χ1v) is 8.22. The summed E-state index contributed by atoms with van der Waals surface area (Å²) >= 11 is 0. The number of hydrogen-bond donors (Lipinski definition) is 1. The van der Waals surface area contributed by atoms with E-state index in [1.54, 1.807) is 0 Å². The van der Waals surface area contributed by atoms with Gasteiger partial charge < -0.3 is 5.11 Å². The van der Waals surface area contributed by atoms with Gasteiger partial charge in [0.05, 0.1) is 0 Å². The van der Waals surface area contributed by atoms with Gasteiger partial charge >= 0.3 is 0 Å². The van der Waals surface area contributed by atoms with Crippen LogP contribution in [0, 0.1) is 23.7 Å². The van der Waals surface area contributed by atoms with Crippen molar-refractivity contribution in [2.24, 2.45) is 23.7 Å². The quantitative estimate of drug-likeness (QED) is 0.644. The monoisotopic (exact) mass is 254 g/mol. The van der Waals surface area contributed by atoms with Gasteiger partial charge in [-0.05, 0) is 36.5 Å². The van der Waals surface area contributed by atoms with Crippen LogP contribution in [0.5, 0.6) is 0 Å². The Balaban J connectivity index is 2.08. The number of rotatable bonds is 8. The van der Waals surface area contributed by atoms with Crippen molar-refractivity contribution in [1.82, 2.24) is 0 Å². The molecule has 0 aliphatic heterocycles. The van der Waals surface area contributed by atoms with Crippen LogP contribution >= 0.6 is 0 Å². The molecule has 0 heterocycles. The van der Waals surface area contributed by atoms with Gasteiger partial charge in [0, 0.05) is 6.61 Å². The van der Waals surface area contributed by atoms with Crippen molar-refractivity contribution in [1.29, 1.82) is 0 Å². The van der Waals surface area contributed by atoms with Crippen LogP contribution in [0.3, 0.4) is 0 Å². The van der Waals surface area contributed by atoms with E-state index in [9.17, 15) is 5.11 Å². The van der Waals surface area contributed by atoms with E-state index in [0.717, 1.165) is 17.8 Å². The lowest BCUT2D eigenvalue weighted by atomic mass is 9.78. The zero-order valence-electron chi connectivity index (χ0n) is 12.8. The maximum atomic E-state index is 9.25. The van der Waals surface area contributed by atoms with E-state index in [-0.39, 0.29) is 0 Å². The fourth-order valence-corrected chi connectivity index (χ4v) is 3.37. The number of hydrogen-bond acceptors (Lipinski definition) is 1. The van der Waals surface area contributed by atoms with Crippen molar-refractivity contribution in [3.63, 3.8) is 0 Å². The van der Waals surface area contributed by atoms with E-state index in [0.29, 0.717) is 12.5 Å². The van der Waals surface area contributed by atoms with Crippen molar-refractivity contribution >= 4 is 0 Å². The fourth-order valence-electron chi connectivity index (χ4n) is 3.37. The topological polar surface area (TPSA) is 20.2 Å². The Bertz CT molecular complexity index is 200. The van der Waals surface area contributed by atoms with Crippen LogP contribution in [0.25, 0.3) is 0 Å². The van der Waals surface area contributed by atoms with Crippen LogP contribution in [0.2, 0.25) is 0 Å². The molecule has 1 nitrogen and oxygen atoms in total. The van der Waals surface area contributed by atoms with Crippen molar-refractivity contribution in [2.75, 3.05) is 6.61 Å². The summed E-state index contributed by atoms with van der Waals surface area (Å²) in [5, 5.41) is 9.25. The smallest absolute Gasteiger partial charge is 0.0459 e. The van der Waals surface area contributed by atoms with Crippen LogP contribution in [0.15, 0.2) is 0 Å². The highest BCUT2D eigenvalue weighted by atomic mass is 16.3. The van der Waals surface area contributed by atoms with Gasteiger partial charge in [0.2, 0.25) is 0 Å². The molecular formula is C17H34O. The molecule has 3 atom stereocenters. The first-order valence-electron chi connectivity index (χ1n) is 8.22. The minimum Gasteiger partial charge on any atom is -0.396 e. The van der Waals surface area contributed by atoms with Gasteiger partial charge in [-0.25, -0.2) is 0 Å². The van der Waals surface area contributed by atoms with E-state index in [4.69, 9.17) is 0 Å². The minimum atomic E-state index is 0.417. The lowest BCUT2D eigenvalue weighted by molar-refractivity contribution is 0.153. The summed E-state index contributed by atoms with van der Waals surface area (Å²) in [5.74, 6) is 3.28. The SMILES string of the molecule is CC(C)CCCC(C)CCC1CCCC(CO)C1. The van der Waals surface area contributed by atoms with Gasteiger partial charge in [0.25, 0.3) is 0 Å². The highest BCUT2D eigenvalue weighted by Gasteiger charge is 2.21. The summed E-state index contributed by atoms with van der Waals surface area (Å²) in [6.45, 7) is 7.48. The van der Waals surface area contributed by atoms with Gasteiger partial charge in [-0.2, -0.15) is 0 Å². The van der Waals surface area contributed by atoms with Crippen LogP contribution in [0.4, 0.5) is 0 Å². The molecule has 18 heavy (non-hydrogen) atoms. The van der Waals surface area contributed by atoms with Crippen LogP contribution in [-0.2, 0) is 0 Å². The van der Waals surface area contributed by atoms with Gasteiger partial charge in [0.15, 0.2) is 0 Å². The zero-order chi connectivity index (χ0) is 13.4. The first kappa shape index (κ1) is 16.0. The predicted molar refractivity (Wildman–Crippen MR) is 79.6 cm³/mol. The molecular weight excluding hydrogens is 220 g/mol. The number of aliphatic hydroxyl groups is 1. The second-order valence-corrected chi connectivity index (χ2v) is 7.09. The molecule has 1 heteroatoms. The largest absolute Gasteiger partial charge is 0.396 e. The Labute approximate surface area is 114 Å². The Kier molecular flexibility index (Phi) is 7.97. The van der Waals surface area contributed by atoms with Gasteiger partial charge in [-0.15, -0.1) is 0 Å². The number of aliphatic hydroxyl groups excluding tert-OH is 1. The van der Waals surface area contributed by atoms with E-state index < -0.39 is 0 Å². The fraction of sp³-hybridized carbons (Fsp3) is 1.00. The van der Waals surface area contributed by atoms with E-state index in [1.165, 1.54) is 57.8 Å². The average molecular weight is 254 g/mol. The molecule has 1 aliphatic rings. The summed E-state index contributed by atoms with van der Waals surface area (Å²) < 4.78 is 0. The summed E-state index contributed by atoms with van der Waals surface area (Å²) in [6.07, 6.45) is 12.3. The third-order valence-electron chi connectivity index (χ3n) is 4.70. The molecule has 1 rings (SSSR count). The average Bonchev–Trinajstić information content (AvgIpc) is 2.36. The van der Waals surface area contributed by atoms with Crippen molar-refractivity contribution in [2.45, 2.75) is 78.6 Å². The van der Waals surface area contributed by atoms with Gasteiger partial charge in [-0.1, -0.05) is 65.7 Å². The molecule has 0 radical (unpaired) electrons. The molecule has 0 aromatic carbocycles. The Morgan fingerprint density at radius 2 is 1.72 bits per heavy atom. The van der Waals surface area contributed by atoms with Crippen LogP contribution in [0.1, 0.15) is 78.6 Å². The second kappa shape index (κ2) is 8.96. The minimum absolute atomic E-state index is 0.417. The maximum absolute atomic E-state index is 9.25. The highest BCUT2D eigenvalue weighted by Crippen LogP contribution is 2.33. The highest BCUT2D eigenvalue weighted by molar-refractivity contribution is 4.73. The molecule has 0 spiro atoms. The molecule has 0 bridgehead atoms. The molecule has 0 aromatic rings. The zero-order valence-corrected chi connectivity index (χ0v) is 12.8. The summed E-state index contributed by atoms with van der Waals surface area (Å²) in [4.78, 5) is 0. The van der Waals surface area contributed by atoms with E-state index in [2.05, 4.69) is 20.8 Å². The molecule has 108 valence electrons. The normalized spacial score (nSPS) is 26.5. The molecule has 3 unspecified atom stereocenters. The second-order valence-electron chi connectivity index (χ2n) is 7.09. The molecule has 1 aliphatic carbocycles. The van der Waals surface area contributed by atoms with Crippen LogP contribution < -0.4 is 0 Å². The maximum Gasteiger partial charge on any atom is 0.0459 e. The summed E-state index contributed by atoms with van der Waals surface area (Å²) in [7, 11) is 0. The third-order valence-corrected chi connectivity index (χ3v) is 4.70. The van der Waals surface area contributed by atoms with Crippen molar-refractivity contribution < 1.29 is 5.11 Å². The lowest BCUT2D eigenvalue weighted by Crippen LogP contribution is -2.18. The predicted octanol–water partition coefficient (Wildman–Crippen LogP) is 5.03. The lowest BCUT2D eigenvalue weighted by Gasteiger charge is -2.28. The summed E-state index contributed by atoms with van der Waals surface area (Å²) in [6, 6.07) is 0. The Hall–Kier alpha value is -0.0400. The Morgan fingerprint density at radius 1 is 1.00 bits per heavy atom. The third kappa shape index (κ3) is 6.78. The van der Waals surface area contributed by atoms with Crippen LogP contribution in [-0.4, -0.2) is 11.7 Å².